The number of nitrogens with zero attached hydrogens (tertiary/aromatic N) is 1. The van der Waals surface area contributed by atoms with Crippen molar-refractivity contribution in [1.82, 2.24) is 4.57 Å². The summed E-state index contributed by atoms with van der Waals surface area (Å²) >= 11 is 0. The Bertz CT molecular complexity index is 797. The second kappa shape index (κ2) is 4.67. The third-order valence-electron chi connectivity index (χ3n) is 4.76. The first kappa shape index (κ1) is 15.2. The van der Waals surface area contributed by atoms with Crippen molar-refractivity contribution >= 4 is 23.4 Å². The van der Waals surface area contributed by atoms with Crippen molar-refractivity contribution < 1.29 is 13.7 Å². The SMILES string of the molecule is Cn1c(F)c(B2OC(C)(C)C(C)(C)O2)c2ccccc2c1=O. The van der Waals surface area contributed by atoms with Gasteiger partial charge < -0.3 is 9.31 Å². The summed E-state index contributed by atoms with van der Waals surface area (Å²) in [5.74, 6) is -0.623. The van der Waals surface area contributed by atoms with Crippen LogP contribution in [0, 0.1) is 5.95 Å². The highest BCUT2D eigenvalue weighted by molar-refractivity contribution is 6.65. The number of benzene rings is 1. The summed E-state index contributed by atoms with van der Waals surface area (Å²) in [6.45, 7) is 7.65. The molecule has 0 radical (unpaired) electrons. The van der Waals surface area contributed by atoms with Crippen molar-refractivity contribution in [3.05, 3.63) is 40.6 Å². The molecule has 2 aromatic rings. The summed E-state index contributed by atoms with van der Waals surface area (Å²) in [7, 11) is 0.570. The number of aromatic nitrogens is 1. The number of hydrogen-bond acceptors (Lipinski definition) is 3. The lowest BCUT2D eigenvalue weighted by atomic mass is 9.77. The van der Waals surface area contributed by atoms with Crippen LogP contribution in [0.15, 0.2) is 29.1 Å². The third-order valence-corrected chi connectivity index (χ3v) is 4.76. The maximum atomic E-state index is 14.8. The van der Waals surface area contributed by atoms with Crippen LogP contribution in [0.25, 0.3) is 10.8 Å². The first-order valence-corrected chi connectivity index (χ1v) is 7.28. The Labute approximate surface area is 129 Å². The molecule has 22 heavy (non-hydrogen) atoms. The molecule has 6 heteroatoms. The van der Waals surface area contributed by atoms with E-state index in [0.29, 0.717) is 10.8 Å². The van der Waals surface area contributed by atoms with E-state index in [9.17, 15) is 9.18 Å². The number of hydrogen-bond donors (Lipinski definition) is 0. The summed E-state index contributed by atoms with van der Waals surface area (Å²) < 4.78 is 27.7. The third kappa shape index (κ3) is 2.01. The normalized spacial score (nSPS) is 19.8. The Balaban J connectivity index is 2.27. The standard InChI is InChI=1S/C16H19BFNO3/c1-15(2)16(3,4)22-17(21-15)12-10-8-6-7-9-11(10)14(20)19(5)13(12)18/h6-9H,1-5H3. The minimum atomic E-state index is -0.846. The van der Waals surface area contributed by atoms with Gasteiger partial charge in [-0.1, -0.05) is 18.2 Å². The largest absolute Gasteiger partial charge is 0.500 e. The van der Waals surface area contributed by atoms with E-state index >= 15 is 0 Å². The maximum absolute atomic E-state index is 14.8. The van der Waals surface area contributed by atoms with Crippen LogP contribution in [0.3, 0.4) is 0 Å². The predicted octanol–water partition coefficient (Wildman–Crippen LogP) is 1.98. The average molecular weight is 303 g/mol. The summed E-state index contributed by atoms with van der Waals surface area (Å²) in [6, 6.07) is 6.94. The van der Waals surface area contributed by atoms with Gasteiger partial charge in [0.1, 0.15) is 0 Å². The zero-order valence-corrected chi connectivity index (χ0v) is 13.4. The molecule has 1 saturated heterocycles. The lowest BCUT2D eigenvalue weighted by molar-refractivity contribution is 0.00578. The molecule has 1 aliphatic heterocycles. The molecule has 0 saturated carbocycles. The quantitative estimate of drug-likeness (QED) is 0.597. The Kier molecular flexibility index (Phi) is 3.24. The van der Waals surface area contributed by atoms with Crippen molar-refractivity contribution in [2.45, 2.75) is 38.9 Å². The lowest BCUT2D eigenvalue weighted by Crippen LogP contribution is -2.41. The fourth-order valence-electron chi connectivity index (χ4n) is 2.65. The summed E-state index contributed by atoms with van der Waals surface area (Å²) in [5, 5.41) is 0.984. The maximum Gasteiger partial charge on any atom is 0.500 e. The van der Waals surface area contributed by atoms with Gasteiger partial charge in [0.2, 0.25) is 0 Å². The van der Waals surface area contributed by atoms with Crippen molar-refractivity contribution in [2.24, 2.45) is 7.05 Å². The Morgan fingerprint density at radius 1 is 1.05 bits per heavy atom. The zero-order chi connectivity index (χ0) is 16.3. The molecule has 1 aromatic heterocycles. The number of halogens is 1. The highest BCUT2D eigenvalue weighted by Crippen LogP contribution is 2.37. The molecular formula is C16H19BFNO3. The molecule has 0 spiro atoms. The van der Waals surface area contributed by atoms with Crippen LogP contribution < -0.4 is 11.0 Å². The van der Waals surface area contributed by atoms with Crippen LogP contribution in [-0.2, 0) is 16.4 Å². The zero-order valence-electron chi connectivity index (χ0n) is 13.4. The van der Waals surface area contributed by atoms with Gasteiger partial charge in [-0.2, -0.15) is 4.39 Å². The van der Waals surface area contributed by atoms with Crippen LogP contribution in [0.5, 0.6) is 0 Å². The van der Waals surface area contributed by atoms with Crippen molar-refractivity contribution in [3.63, 3.8) is 0 Å². The van der Waals surface area contributed by atoms with E-state index in [-0.39, 0.29) is 11.0 Å². The van der Waals surface area contributed by atoms with Gasteiger partial charge in [-0.15, -0.1) is 0 Å². The lowest BCUT2D eigenvalue weighted by Gasteiger charge is -2.32. The predicted molar refractivity (Wildman–Crippen MR) is 84.9 cm³/mol. The van der Waals surface area contributed by atoms with E-state index in [1.807, 2.05) is 27.7 Å². The second-order valence-electron chi connectivity index (χ2n) is 6.70. The molecule has 0 amide bonds. The molecule has 1 aliphatic rings. The molecule has 0 aliphatic carbocycles. The van der Waals surface area contributed by atoms with Gasteiger partial charge in [-0.25, -0.2) is 0 Å². The smallest absolute Gasteiger partial charge is 0.399 e. The highest BCUT2D eigenvalue weighted by Gasteiger charge is 2.53. The van der Waals surface area contributed by atoms with Gasteiger partial charge in [-0.05, 0) is 39.1 Å². The Morgan fingerprint density at radius 3 is 2.09 bits per heavy atom. The first-order chi connectivity index (χ1) is 10.2. The molecule has 4 nitrogen and oxygen atoms in total. The molecule has 2 heterocycles. The monoisotopic (exact) mass is 303 g/mol. The molecule has 116 valence electrons. The molecule has 1 aromatic carbocycles. The number of fused-ring (bicyclic) bond motifs is 1. The molecule has 3 rings (SSSR count). The van der Waals surface area contributed by atoms with Crippen LogP contribution in [0.1, 0.15) is 27.7 Å². The average Bonchev–Trinajstić information content (AvgIpc) is 2.65. The van der Waals surface area contributed by atoms with Gasteiger partial charge in [0, 0.05) is 17.9 Å². The molecule has 0 bridgehead atoms. The number of rotatable bonds is 1. The van der Waals surface area contributed by atoms with E-state index < -0.39 is 24.3 Å². The van der Waals surface area contributed by atoms with Gasteiger partial charge in [0.15, 0.2) is 5.95 Å². The Hall–Kier alpha value is -1.66. The molecule has 0 atom stereocenters. The van der Waals surface area contributed by atoms with Gasteiger partial charge in [0.25, 0.3) is 5.56 Å². The van der Waals surface area contributed by atoms with Crippen molar-refractivity contribution in [3.8, 4) is 0 Å². The minimum absolute atomic E-state index is 0.274. The minimum Gasteiger partial charge on any atom is -0.399 e. The fraction of sp³-hybridized carbons (Fsp3) is 0.438. The number of pyridine rings is 1. The summed E-state index contributed by atoms with van der Waals surface area (Å²) in [6.07, 6.45) is 0. The van der Waals surface area contributed by atoms with E-state index in [0.717, 1.165) is 4.57 Å². The van der Waals surface area contributed by atoms with E-state index in [1.165, 1.54) is 7.05 Å². The van der Waals surface area contributed by atoms with Crippen molar-refractivity contribution in [1.29, 1.82) is 0 Å². The van der Waals surface area contributed by atoms with Crippen LogP contribution in [-0.4, -0.2) is 22.9 Å². The molecule has 1 fully saturated rings. The Morgan fingerprint density at radius 2 is 1.55 bits per heavy atom. The van der Waals surface area contributed by atoms with E-state index in [2.05, 4.69) is 0 Å². The van der Waals surface area contributed by atoms with Crippen LogP contribution >= 0.6 is 0 Å². The second-order valence-corrected chi connectivity index (χ2v) is 6.70. The topological polar surface area (TPSA) is 40.5 Å². The summed E-state index contributed by atoms with van der Waals surface area (Å²) in [4.78, 5) is 12.2. The van der Waals surface area contributed by atoms with Gasteiger partial charge in [-0.3, -0.25) is 9.36 Å². The van der Waals surface area contributed by atoms with Gasteiger partial charge in [0.05, 0.1) is 11.2 Å². The fourth-order valence-corrected chi connectivity index (χ4v) is 2.65. The molecule has 0 unspecified atom stereocenters. The molecular weight excluding hydrogens is 284 g/mol. The highest BCUT2D eigenvalue weighted by atomic mass is 19.1. The first-order valence-electron chi connectivity index (χ1n) is 7.28. The van der Waals surface area contributed by atoms with Gasteiger partial charge >= 0.3 is 7.12 Å². The summed E-state index contributed by atoms with van der Waals surface area (Å²) in [5.41, 5.74) is -1.23. The van der Waals surface area contributed by atoms with E-state index in [1.54, 1.807) is 24.3 Å². The van der Waals surface area contributed by atoms with Crippen LogP contribution in [0.4, 0.5) is 4.39 Å². The molecule has 0 N–H and O–H groups in total. The van der Waals surface area contributed by atoms with Crippen LogP contribution in [0.2, 0.25) is 0 Å². The van der Waals surface area contributed by atoms with E-state index in [4.69, 9.17) is 9.31 Å². The van der Waals surface area contributed by atoms with Crippen molar-refractivity contribution in [2.75, 3.05) is 0 Å².